The predicted octanol–water partition coefficient (Wildman–Crippen LogP) is 3.62. The van der Waals surface area contributed by atoms with Crippen LogP contribution < -0.4 is 15.4 Å². The number of hydrogen-bond donors (Lipinski definition) is 2. The Morgan fingerprint density at radius 3 is 2.44 bits per heavy atom. The van der Waals surface area contributed by atoms with Crippen molar-refractivity contribution in [2.45, 2.75) is 0 Å². The number of halogens is 1. The normalized spacial score (nSPS) is 10.2. The molecule has 1 amide bonds. The molecular weight excluding hydrogens is 323 g/mol. The molecule has 0 fully saturated rings. The summed E-state index contributed by atoms with van der Waals surface area (Å²) in [6, 6.07) is 16.0. The fourth-order valence-electron chi connectivity index (χ4n) is 2.13. The first-order valence-corrected chi connectivity index (χ1v) is 7.46. The number of benzene rings is 2. The third kappa shape index (κ3) is 4.08. The van der Waals surface area contributed by atoms with Gasteiger partial charge in [-0.3, -0.25) is 4.79 Å². The molecule has 7 heteroatoms. The molecule has 0 aliphatic rings. The third-order valence-electron chi connectivity index (χ3n) is 3.37. The first-order chi connectivity index (χ1) is 12.2. The predicted molar refractivity (Wildman–Crippen MR) is 92.7 cm³/mol. The summed E-state index contributed by atoms with van der Waals surface area (Å²) in [5.74, 6) is 0.345. The fourth-order valence-corrected chi connectivity index (χ4v) is 2.13. The Hall–Kier alpha value is -3.48. The number of amides is 1. The highest BCUT2D eigenvalue weighted by atomic mass is 19.1. The Kier molecular flexibility index (Phi) is 4.84. The molecule has 1 heterocycles. The minimum Gasteiger partial charge on any atom is -0.495 e. The van der Waals surface area contributed by atoms with E-state index in [0.717, 1.165) is 5.69 Å². The number of para-hydroxylation sites is 2. The van der Waals surface area contributed by atoms with Gasteiger partial charge in [-0.25, -0.2) is 4.39 Å². The van der Waals surface area contributed by atoms with E-state index in [1.54, 1.807) is 19.2 Å². The molecule has 25 heavy (non-hydrogen) atoms. The van der Waals surface area contributed by atoms with Crippen molar-refractivity contribution in [2.24, 2.45) is 0 Å². The lowest BCUT2D eigenvalue weighted by Gasteiger charge is -2.10. The average Bonchev–Trinajstić information content (AvgIpc) is 2.64. The molecule has 0 saturated heterocycles. The number of hydrogen-bond acceptors (Lipinski definition) is 5. The lowest BCUT2D eigenvalue weighted by atomic mass is 10.3. The minimum absolute atomic E-state index is 0.148. The number of carbonyl (C=O) groups is 1. The van der Waals surface area contributed by atoms with E-state index in [2.05, 4.69) is 20.8 Å². The summed E-state index contributed by atoms with van der Waals surface area (Å²) < 4.78 is 18.1. The van der Waals surface area contributed by atoms with Crippen molar-refractivity contribution in [3.63, 3.8) is 0 Å². The molecule has 0 aliphatic carbocycles. The second-order valence-electron chi connectivity index (χ2n) is 5.09. The van der Waals surface area contributed by atoms with Gasteiger partial charge in [-0.15, -0.1) is 10.2 Å². The van der Waals surface area contributed by atoms with E-state index in [0.29, 0.717) is 17.3 Å². The van der Waals surface area contributed by atoms with Crippen LogP contribution in [0.4, 0.5) is 21.6 Å². The highest BCUT2D eigenvalue weighted by Gasteiger charge is 2.10. The summed E-state index contributed by atoms with van der Waals surface area (Å²) >= 11 is 0. The fraction of sp³-hybridized carbons (Fsp3) is 0.0556. The maximum atomic E-state index is 12.9. The number of nitrogens with zero attached hydrogens (tertiary/aromatic N) is 2. The lowest BCUT2D eigenvalue weighted by Crippen LogP contribution is -2.14. The zero-order valence-corrected chi connectivity index (χ0v) is 13.4. The van der Waals surface area contributed by atoms with Gasteiger partial charge in [0.15, 0.2) is 11.5 Å². The van der Waals surface area contributed by atoms with Gasteiger partial charge < -0.3 is 15.4 Å². The second-order valence-corrected chi connectivity index (χ2v) is 5.09. The molecule has 0 spiro atoms. The molecule has 1 aromatic heterocycles. The van der Waals surface area contributed by atoms with Crippen LogP contribution in [0.2, 0.25) is 0 Å². The van der Waals surface area contributed by atoms with Gasteiger partial charge in [-0.05, 0) is 48.5 Å². The first kappa shape index (κ1) is 16.4. The number of methoxy groups -OCH3 is 1. The number of nitrogens with one attached hydrogen (secondary N) is 2. The van der Waals surface area contributed by atoms with Gasteiger partial charge in [-0.1, -0.05) is 12.1 Å². The second kappa shape index (κ2) is 7.39. The Morgan fingerprint density at radius 1 is 1.00 bits per heavy atom. The molecule has 3 rings (SSSR count). The maximum Gasteiger partial charge on any atom is 0.276 e. The topological polar surface area (TPSA) is 76.1 Å². The van der Waals surface area contributed by atoms with Crippen molar-refractivity contribution < 1.29 is 13.9 Å². The monoisotopic (exact) mass is 338 g/mol. The third-order valence-corrected chi connectivity index (χ3v) is 3.37. The van der Waals surface area contributed by atoms with E-state index in [9.17, 15) is 9.18 Å². The quantitative estimate of drug-likeness (QED) is 0.743. The van der Waals surface area contributed by atoms with Crippen LogP contribution in [0.1, 0.15) is 10.5 Å². The summed E-state index contributed by atoms with van der Waals surface area (Å²) in [7, 11) is 1.58. The van der Waals surface area contributed by atoms with Crippen molar-refractivity contribution in [3.05, 3.63) is 72.2 Å². The highest BCUT2D eigenvalue weighted by molar-refractivity contribution is 6.02. The van der Waals surface area contributed by atoms with Crippen LogP contribution in [-0.4, -0.2) is 23.2 Å². The van der Waals surface area contributed by atoms with Crippen molar-refractivity contribution in [3.8, 4) is 5.75 Å². The van der Waals surface area contributed by atoms with Gasteiger partial charge in [0.2, 0.25) is 0 Å². The molecule has 3 aromatic rings. The summed E-state index contributed by atoms with van der Waals surface area (Å²) in [5, 5.41) is 13.6. The number of rotatable bonds is 5. The lowest BCUT2D eigenvalue weighted by molar-refractivity contribution is 0.102. The molecule has 0 unspecified atom stereocenters. The molecule has 2 N–H and O–H groups in total. The molecule has 0 atom stereocenters. The Morgan fingerprint density at radius 2 is 1.76 bits per heavy atom. The van der Waals surface area contributed by atoms with Crippen molar-refractivity contribution in [2.75, 3.05) is 17.7 Å². The molecule has 6 nitrogen and oxygen atoms in total. The van der Waals surface area contributed by atoms with Crippen molar-refractivity contribution in [1.82, 2.24) is 10.2 Å². The number of carbonyl (C=O) groups excluding carboxylic acids is 1. The van der Waals surface area contributed by atoms with Crippen LogP contribution in [0.5, 0.6) is 5.75 Å². The molecule has 0 bridgehead atoms. The Labute approximate surface area is 143 Å². The van der Waals surface area contributed by atoms with Crippen LogP contribution in [0, 0.1) is 5.82 Å². The first-order valence-electron chi connectivity index (χ1n) is 7.46. The van der Waals surface area contributed by atoms with E-state index < -0.39 is 5.91 Å². The summed E-state index contributed by atoms with van der Waals surface area (Å²) in [6.07, 6.45) is 0. The summed E-state index contributed by atoms with van der Waals surface area (Å²) in [5.41, 5.74) is 1.36. The SMILES string of the molecule is COc1ccccc1Nc1ccc(C(=O)Nc2ccc(F)cc2)nn1. The molecule has 126 valence electrons. The van der Waals surface area contributed by atoms with Gasteiger partial charge in [0, 0.05) is 5.69 Å². The number of ether oxygens (including phenoxy) is 1. The van der Waals surface area contributed by atoms with Crippen LogP contribution in [0.15, 0.2) is 60.7 Å². The smallest absolute Gasteiger partial charge is 0.276 e. The largest absolute Gasteiger partial charge is 0.495 e. The molecule has 2 aromatic carbocycles. The molecular formula is C18H15FN4O2. The van der Waals surface area contributed by atoms with Gasteiger partial charge >= 0.3 is 0 Å². The number of anilines is 3. The van der Waals surface area contributed by atoms with Crippen molar-refractivity contribution >= 4 is 23.1 Å². The molecule has 0 radical (unpaired) electrons. The zero-order valence-electron chi connectivity index (χ0n) is 13.4. The van der Waals surface area contributed by atoms with E-state index in [1.807, 2.05) is 24.3 Å². The van der Waals surface area contributed by atoms with Crippen molar-refractivity contribution in [1.29, 1.82) is 0 Å². The highest BCUT2D eigenvalue weighted by Crippen LogP contribution is 2.25. The Balaban J connectivity index is 1.69. The van der Waals surface area contributed by atoms with Crippen LogP contribution in [0.25, 0.3) is 0 Å². The molecule has 0 saturated carbocycles. The number of aromatic nitrogens is 2. The van der Waals surface area contributed by atoms with Gasteiger partial charge in [0.25, 0.3) is 5.91 Å². The van der Waals surface area contributed by atoms with Gasteiger partial charge in [0.1, 0.15) is 11.6 Å². The van der Waals surface area contributed by atoms with E-state index in [-0.39, 0.29) is 11.5 Å². The minimum atomic E-state index is -0.428. The summed E-state index contributed by atoms with van der Waals surface area (Å²) in [6.45, 7) is 0. The molecule has 0 aliphatic heterocycles. The van der Waals surface area contributed by atoms with Crippen LogP contribution in [0.3, 0.4) is 0 Å². The van der Waals surface area contributed by atoms with Gasteiger partial charge in [-0.2, -0.15) is 0 Å². The van der Waals surface area contributed by atoms with Crippen LogP contribution in [-0.2, 0) is 0 Å². The summed E-state index contributed by atoms with van der Waals surface area (Å²) in [4.78, 5) is 12.1. The van der Waals surface area contributed by atoms with E-state index >= 15 is 0 Å². The van der Waals surface area contributed by atoms with Crippen LogP contribution >= 0.6 is 0 Å². The maximum absolute atomic E-state index is 12.9. The van der Waals surface area contributed by atoms with E-state index in [4.69, 9.17) is 4.74 Å². The average molecular weight is 338 g/mol. The zero-order chi connectivity index (χ0) is 17.6. The van der Waals surface area contributed by atoms with E-state index in [1.165, 1.54) is 24.3 Å². The Bertz CT molecular complexity index is 867. The standard InChI is InChI=1S/C18H15FN4O2/c1-25-16-5-3-2-4-14(16)21-17-11-10-15(22-23-17)18(24)20-13-8-6-12(19)7-9-13/h2-11H,1H3,(H,20,24)(H,21,23). The van der Waals surface area contributed by atoms with Gasteiger partial charge in [0.05, 0.1) is 12.8 Å².